The first kappa shape index (κ1) is 25.6. The summed E-state index contributed by atoms with van der Waals surface area (Å²) >= 11 is 0. The molecule has 4 bridgehead atoms. The molecular formula is C32H44O6. The van der Waals surface area contributed by atoms with Crippen LogP contribution >= 0.6 is 0 Å². The molecule has 0 aromatic heterocycles. The van der Waals surface area contributed by atoms with Crippen molar-refractivity contribution in [3.05, 3.63) is 24.3 Å². The number of rotatable bonds is 0. The molecule has 0 aromatic rings. The third kappa shape index (κ3) is 2.99. The van der Waals surface area contributed by atoms with E-state index >= 15 is 0 Å². The summed E-state index contributed by atoms with van der Waals surface area (Å²) in [5, 5.41) is 0. The quantitative estimate of drug-likeness (QED) is 0.396. The predicted molar refractivity (Wildman–Crippen MR) is 141 cm³/mol. The molecule has 0 aromatic carbocycles. The van der Waals surface area contributed by atoms with Crippen LogP contribution in [0.3, 0.4) is 0 Å². The molecule has 8 aliphatic carbocycles. The lowest BCUT2D eigenvalue weighted by atomic mass is 9.47. The standard InChI is InChI=1S/2C16H22O3/c2*1-14(2)9-5-7-16(8-6-10(17)12(14)16)13-11(9)18-15(3,4)19-13/h2*5,7,9,11-13H,6,8H2,1-4H3/t2*9-,11+,12-,13+,16+/m11/s1. The summed E-state index contributed by atoms with van der Waals surface area (Å²) in [6.07, 6.45) is 12.7. The van der Waals surface area contributed by atoms with Crippen molar-refractivity contribution in [2.75, 3.05) is 0 Å². The number of carbonyl (C=O) groups is 2. The van der Waals surface area contributed by atoms with Gasteiger partial charge in [0.1, 0.15) is 11.6 Å². The molecule has 6 nitrogen and oxygen atoms in total. The van der Waals surface area contributed by atoms with Crippen LogP contribution in [0.25, 0.3) is 0 Å². The molecule has 2 heterocycles. The molecule has 4 saturated carbocycles. The minimum absolute atomic E-state index is 0.0206. The van der Waals surface area contributed by atoms with Crippen LogP contribution in [0.2, 0.25) is 0 Å². The first-order valence-electron chi connectivity index (χ1n) is 14.7. The van der Waals surface area contributed by atoms with E-state index in [2.05, 4.69) is 52.0 Å². The molecule has 10 aliphatic rings. The van der Waals surface area contributed by atoms with Gasteiger partial charge in [-0.05, 0) is 51.4 Å². The van der Waals surface area contributed by atoms with Gasteiger partial charge in [0.2, 0.25) is 0 Å². The van der Waals surface area contributed by atoms with E-state index in [9.17, 15) is 9.59 Å². The van der Waals surface area contributed by atoms with Gasteiger partial charge in [-0.2, -0.15) is 0 Å². The predicted octanol–water partition coefficient (Wildman–Crippen LogP) is 5.40. The normalized spacial score (nSPS) is 52.3. The Morgan fingerprint density at radius 3 is 1.34 bits per heavy atom. The molecule has 0 amide bonds. The molecule has 10 rings (SSSR count). The molecule has 0 unspecified atom stereocenters. The van der Waals surface area contributed by atoms with Crippen molar-refractivity contribution in [2.24, 2.45) is 45.3 Å². The van der Waals surface area contributed by atoms with Crippen LogP contribution in [0, 0.1) is 45.3 Å². The van der Waals surface area contributed by atoms with Crippen LogP contribution in [-0.2, 0) is 28.5 Å². The van der Waals surface area contributed by atoms with Crippen LogP contribution in [0.4, 0.5) is 0 Å². The van der Waals surface area contributed by atoms with Gasteiger partial charge in [0.15, 0.2) is 11.6 Å². The smallest absolute Gasteiger partial charge is 0.163 e. The van der Waals surface area contributed by atoms with Crippen LogP contribution in [0.15, 0.2) is 24.3 Å². The van der Waals surface area contributed by atoms with Gasteiger partial charge in [-0.1, -0.05) is 52.0 Å². The Morgan fingerprint density at radius 2 is 0.974 bits per heavy atom. The fraction of sp³-hybridized carbons (Fsp3) is 0.812. The van der Waals surface area contributed by atoms with E-state index in [0.29, 0.717) is 24.4 Å². The zero-order chi connectivity index (χ0) is 27.3. The van der Waals surface area contributed by atoms with Crippen LogP contribution < -0.4 is 0 Å². The number of ether oxygens (including phenoxy) is 4. The van der Waals surface area contributed by atoms with Gasteiger partial charge >= 0.3 is 0 Å². The summed E-state index contributed by atoms with van der Waals surface area (Å²) in [7, 11) is 0. The van der Waals surface area contributed by atoms with E-state index in [1.165, 1.54) is 0 Å². The number of hydrogen-bond acceptors (Lipinski definition) is 6. The minimum atomic E-state index is -0.525. The second-order valence-electron chi connectivity index (χ2n) is 15.5. The summed E-state index contributed by atoms with van der Waals surface area (Å²) < 4.78 is 24.8. The van der Waals surface area contributed by atoms with Crippen molar-refractivity contribution in [1.82, 2.24) is 0 Å². The maximum Gasteiger partial charge on any atom is 0.163 e. The highest BCUT2D eigenvalue weighted by molar-refractivity contribution is 5.87. The molecule has 0 N–H and O–H groups in total. The number of ketones is 2. The lowest BCUT2D eigenvalue weighted by Gasteiger charge is -2.58. The third-order valence-corrected chi connectivity index (χ3v) is 11.8. The zero-order valence-corrected chi connectivity index (χ0v) is 24.2. The Morgan fingerprint density at radius 1 is 0.605 bits per heavy atom. The first-order valence-corrected chi connectivity index (χ1v) is 14.7. The molecule has 2 spiro atoms. The van der Waals surface area contributed by atoms with E-state index < -0.39 is 11.6 Å². The van der Waals surface area contributed by atoms with Crippen molar-refractivity contribution in [1.29, 1.82) is 0 Å². The van der Waals surface area contributed by atoms with Crippen molar-refractivity contribution < 1.29 is 28.5 Å². The first-order chi connectivity index (χ1) is 17.6. The molecule has 10 atom stereocenters. The fourth-order valence-electron chi connectivity index (χ4n) is 10.7. The van der Waals surface area contributed by atoms with Crippen molar-refractivity contribution in [2.45, 2.75) is 117 Å². The highest BCUT2D eigenvalue weighted by atomic mass is 16.8. The second-order valence-corrected chi connectivity index (χ2v) is 15.5. The molecule has 6 fully saturated rings. The summed E-state index contributed by atoms with van der Waals surface area (Å²) in [4.78, 5) is 24.9. The average molecular weight is 525 g/mol. The molecule has 0 radical (unpaired) electrons. The highest BCUT2D eigenvalue weighted by Crippen LogP contribution is 2.69. The van der Waals surface area contributed by atoms with E-state index in [1.54, 1.807) is 0 Å². The summed E-state index contributed by atoms with van der Waals surface area (Å²) in [6.45, 7) is 16.9. The topological polar surface area (TPSA) is 71.1 Å². The number of hydrogen-bond donors (Lipinski definition) is 0. The third-order valence-electron chi connectivity index (χ3n) is 11.8. The molecule has 2 aliphatic heterocycles. The summed E-state index contributed by atoms with van der Waals surface area (Å²) in [6, 6.07) is 0. The summed E-state index contributed by atoms with van der Waals surface area (Å²) in [5.41, 5.74) is -0.276. The Hall–Kier alpha value is -1.34. The highest BCUT2D eigenvalue weighted by Gasteiger charge is 2.72. The lowest BCUT2D eigenvalue weighted by Crippen LogP contribution is -2.62. The van der Waals surface area contributed by atoms with Crippen molar-refractivity contribution in [3.8, 4) is 0 Å². The van der Waals surface area contributed by atoms with Crippen molar-refractivity contribution in [3.63, 3.8) is 0 Å². The molecule has 208 valence electrons. The molecule has 38 heavy (non-hydrogen) atoms. The van der Waals surface area contributed by atoms with Gasteiger partial charge in [0.05, 0.1) is 24.4 Å². The van der Waals surface area contributed by atoms with Crippen molar-refractivity contribution >= 4 is 11.6 Å². The molecular weight excluding hydrogens is 480 g/mol. The maximum atomic E-state index is 12.4. The number of carbonyl (C=O) groups excluding carboxylic acids is 2. The van der Waals surface area contributed by atoms with Crippen LogP contribution in [0.1, 0.15) is 81.1 Å². The average Bonchev–Trinajstić information content (AvgIpc) is 3.51. The van der Waals surface area contributed by atoms with Crippen LogP contribution in [-0.4, -0.2) is 47.6 Å². The Kier molecular flexibility index (Phi) is 4.91. The van der Waals surface area contributed by atoms with Gasteiger partial charge < -0.3 is 18.9 Å². The van der Waals surface area contributed by atoms with Crippen LogP contribution in [0.5, 0.6) is 0 Å². The fourth-order valence-corrected chi connectivity index (χ4v) is 10.7. The Bertz CT molecular complexity index is 1070. The Balaban J connectivity index is 0.000000127. The van der Waals surface area contributed by atoms with E-state index in [4.69, 9.17) is 18.9 Å². The van der Waals surface area contributed by atoms with Gasteiger partial charge in [0.25, 0.3) is 0 Å². The number of Topliss-reactive ketones (excluding diaryl/α,β-unsaturated/α-hetero) is 2. The van der Waals surface area contributed by atoms with E-state index in [-0.39, 0.29) is 69.7 Å². The monoisotopic (exact) mass is 524 g/mol. The molecule has 6 heteroatoms. The van der Waals surface area contributed by atoms with Gasteiger partial charge in [-0.15, -0.1) is 0 Å². The van der Waals surface area contributed by atoms with E-state index in [0.717, 1.165) is 12.8 Å². The van der Waals surface area contributed by atoms with Gasteiger partial charge in [0, 0.05) is 47.3 Å². The SMILES string of the molecule is CC1(C)O[C@H]2[C@H]3C=C[C@@]4(CCC(=O)[C@@H]4C3(C)C)[C@H]2O1.CC1(C)O[C@H]2[C@H]3C=C[C@@]4(CCC(=O)[C@@H]4C3(C)C)[C@H]2O1. The zero-order valence-electron chi connectivity index (χ0n) is 24.2. The summed E-state index contributed by atoms with van der Waals surface area (Å²) in [5.74, 6) is 0.577. The Labute approximate surface area is 226 Å². The van der Waals surface area contributed by atoms with Gasteiger partial charge in [-0.3, -0.25) is 9.59 Å². The minimum Gasteiger partial charge on any atom is -0.344 e. The second kappa shape index (κ2) is 7.29. The lowest BCUT2D eigenvalue weighted by molar-refractivity contribution is -0.156. The van der Waals surface area contributed by atoms with E-state index in [1.807, 2.05) is 27.7 Å². The molecule has 2 saturated heterocycles. The maximum absolute atomic E-state index is 12.4. The largest absolute Gasteiger partial charge is 0.344 e. The van der Waals surface area contributed by atoms with Gasteiger partial charge in [-0.25, -0.2) is 0 Å².